The molecule has 0 heterocycles. The second-order valence-electron chi connectivity index (χ2n) is 7.89. The molecule has 0 aliphatic heterocycles. The van der Waals surface area contributed by atoms with Crippen LogP contribution in [-0.2, 0) is 4.79 Å². The molecule has 0 saturated heterocycles. The van der Waals surface area contributed by atoms with Crippen molar-refractivity contribution >= 4 is 5.91 Å². The van der Waals surface area contributed by atoms with E-state index in [0.717, 1.165) is 30.5 Å². The summed E-state index contributed by atoms with van der Waals surface area (Å²) in [5.74, 6) is 4.73. The van der Waals surface area contributed by atoms with E-state index in [0.29, 0.717) is 25.8 Å². The maximum atomic E-state index is 13.6. The minimum absolute atomic E-state index is 0.0263. The summed E-state index contributed by atoms with van der Waals surface area (Å²) in [7, 11) is 3.60. The Kier molecular flexibility index (Phi) is 13.7. The fraction of sp³-hybridized carbons (Fsp3) is 0.500. The van der Waals surface area contributed by atoms with Crippen LogP contribution in [0.4, 0.5) is 8.78 Å². The van der Waals surface area contributed by atoms with Gasteiger partial charge in [0.15, 0.2) is 5.83 Å². The van der Waals surface area contributed by atoms with Gasteiger partial charge in [-0.25, -0.2) is 4.39 Å². The zero-order valence-corrected chi connectivity index (χ0v) is 19.7. The molecule has 4 nitrogen and oxygen atoms in total. The van der Waals surface area contributed by atoms with Gasteiger partial charge in [0.1, 0.15) is 5.83 Å². The predicted molar refractivity (Wildman–Crippen MR) is 129 cm³/mol. The molecular formula is C26H37F2N3O. The maximum absolute atomic E-state index is 13.6. The topological polar surface area (TPSA) is 53.2 Å². The van der Waals surface area contributed by atoms with E-state index in [2.05, 4.69) is 27.8 Å². The highest BCUT2D eigenvalue weighted by Gasteiger charge is 2.13. The maximum Gasteiger partial charge on any atom is 0.245 e. The summed E-state index contributed by atoms with van der Waals surface area (Å²) in [5, 5.41) is 9.18. The van der Waals surface area contributed by atoms with Crippen molar-refractivity contribution in [2.45, 2.75) is 58.4 Å². The molecule has 2 atom stereocenters. The quantitative estimate of drug-likeness (QED) is 0.293. The minimum Gasteiger partial charge on any atom is -0.391 e. The summed E-state index contributed by atoms with van der Waals surface area (Å²) in [6.07, 6.45) is 13.8. The normalized spacial score (nSPS) is 16.2. The molecule has 0 aromatic rings. The number of nitrogens with one attached hydrogen (secondary N) is 3. The fourth-order valence-electron chi connectivity index (χ4n) is 3.12. The lowest BCUT2D eigenvalue weighted by Gasteiger charge is -2.19. The summed E-state index contributed by atoms with van der Waals surface area (Å²) in [6.45, 7) is 4.58. The van der Waals surface area contributed by atoms with Gasteiger partial charge >= 0.3 is 0 Å². The van der Waals surface area contributed by atoms with E-state index in [1.165, 1.54) is 18.2 Å². The third kappa shape index (κ3) is 12.3. The van der Waals surface area contributed by atoms with Gasteiger partial charge in [-0.1, -0.05) is 38.3 Å². The van der Waals surface area contributed by atoms with Crippen LogP contribution in [0.3, 0.4) is 0 Å². The number of likely N-dealkylation sites (N-methyl/N-ethyl adjacent to an activating group) is 1. The van der Waals surface area contributed by atoms with Gasteiger partial charge in [0.2, 0.25) is 5.91 Å². The number of hydrogen-bond donors (Lipinski definition) is 3. The molecule has 1 aliphatic rings. The van der Waals surface area contributed by atoms with Crippen LogP contribution in [0.1, 0.15) is 52.4 Å². The number of allylic oxidation sites excluding steroid dienone is 8. The first kappa shape index (κ1) is 27.4. The Morgan fingerprint density at radius 3 is 2.72 bits per heavy atom. The minimum atomic E-state index is -0.374. The Bertz CT molecular complexity index is 813. The lowest BCUT2D eigenvalue weighted by molar-refractivity contribution is -0.117. The average molecular weight is 446 g/mol. The van der Waals surface area contributed by atoms with Crippen LogP contribution < -0.4 is 16.0 Å². The first-order chi connectivity index (χ1) is 15.4. The molecule has 1 amide bonds. The zero-order valence-electron chi connectivity index (χ0n) is 19.7. The van der Waals surface area contributed by atoms with Gasteiger partial charge < -0.3 is 16.0 Å². The van der Waals surface area contributed by atoms with Gasteiger partial charge in [0.25, 0.3) is 0 Å². The van der Waals surface area contributed by atoms with E-state index in [-0.39, 0.29) is 29.5 Å². The molecule has 32 heavy (non-hydrogen) atoms. The highest BCUT2D eigenvalue weighted by Crippen LogP contribution is 2.17. The van der Waals surface area contributed by atoms with Gasteiger partial charge in [-0.3, -0.25) is 4.79 Å². The van der Waals surface area contributed by atoms with E-state index in [4.69, 9.17) is 0 Å². The van der Waals surface area contributed by atoms with Crippen molar-refractivity contribution in [3.05, 3.63) is 59.4 Å². The third-order valence-corrected chi connectivity index (χ3v) is 4.97. The molecule has 0 bridgehead atoms. The van der Waals surface area contributed by atoms with Crippen LogP contribution in [0.5, 0.6) is 0 Å². The lowest BCUT2D eigenvalue weighted by Crippen LogP contribution is -2.41. The van der Waals surface area contributed by atoms with Crippen LogP contribution in [0.15, 0.2) is 59.4 Å². The summed E-state index contributed by atoms with van der Waals surface area (Å²) < 4.78 is 26.9. The standard InChI is InChI=1S/C26H37F2N3O/c1-5-6-9-22(27)14-11-20(2)12-16-24(19-29-3)31-26(32)18-25(30-4)17-21-8-7-10-23(28)15-13-21/h8-10,13,15,18,20,24,29-30H,5-7,12,16-17,19H2,1-4H3,(H,31,32)/b22-9+,25-18-/t20?,24-/m0/s1. The number of rotatable bonds is 12. The molecule has 0 aromatic heterocycles. The van der Waals surface area contributed by atoms with Crippen LogP contribution in [-0.4, -0.2) is 32.6 Å². The van der Waals surface area contributed by atoms with E-state index in [1.807, 2.05) is 27.0 Å². The molecule has 0 spiro atoms. The first-order valence-corrected chi connectivity index (χ1v) is 11.3. The Labute approximate surface area is 192 Å². The highest BCUT2D eigenvalue weighted by molar-refractivity contribution is 5.88. The monoisotopic (exact) mass is 445 g/mol. The van der Waals surface area contributed by atoms with Crippen molar-refractivity contribution < 1.29 is 13.6 Å². The van der Waals surface area contributed by atoms with E-state index in [9.17, 15) is 13.6 Å². The first-order valence-electron chi connectivity index (χ1n) is 11.3. The SMILES string of the molecule is CCC/C=C(/F)C#CC(C)CC[C@@H](CNC)NC(=O)/C=C(/CC1=CCC=C(F)C=C1)NC. The van der Waals surface area contributed by atoms with Crippen LogP contribution in [0, 0.1) is 17.8 Å². The number of carbonyl (C=O) groups excluding carboxylic acids is 1. The molecule has 0 aromatic carbocycles. The Morgan fingerprint density at radius 1 is 1.25 bits per heavy atom. The smallest absolute Gasteiger partial charge is 0.245 e. The van der Waals surface area contributed by atoms with Crippen LogP contribution >= 0.6 is 0 Å². The molecule has 3 N–H and O–H groups in total. The number of carbonyl (C=O) groups is 1. The second kappa shape index (κ2) is 16.0. The van der Waals surface area contributed by atoms with Crippen molar-refractivity contribution in [2.75, 3.05) is 20.6 Å². The van der Waals surface area contributed by atoms with Crippen LogP contribution in [0.2, 0.25) is 0 Å². The Balaban J connectivity index is 2.64. The zero-order chi connectivity index (χ0) is 23.8. The molecule has 0 radical (unpaired) electrons. The van der Waals surface area contributed by atoms with Crippen LogP contribution in [0.25, 0.3) is 0 Å². The van der Waals surface area contributed by atoms with E-state index < -0.39 is 0 Å². The largest absolute Gasteiger partial charge is 0.391 e. The van der Waals surface area contributed by atoms with E-state index in [1.54, 1.807) is 19.2 Å². The number of unbranched alkanes of at least 4 members (excludes halogenated alkanes) is 1. The van der Waals surface area contributed by atoms with Crippen molar-refractivity contribution in [2.24, 2.45) is 5.92 Å². The van der Waals surface area contributed by atoms with Gasteiger partial charge in [-0.2, -0.15) is 4.39 Å². The summed E-state index contributed by atoms with van der Waals surface area (Å²) >= 11 is 0. The van der Waals surface area contributed by atoms with Gasteiger partial charge in [-0.05, 0) is 62.5 Å². The summed E-state index contributed by atoms with van der Waals surface area (Å²) in [6, 6.07) is -0.0677. The molecule has 176 valence electrons. The summed E-state index contributed by atoms with van der Waals surface area (Å²) in [4.78, 5) is 12.6. The number of halogens is 2. The Hall–Kier alpha value is -2.65. The predicted octanol–water partition coefficient (Wildman–Crippen LogP) is 5.00. The fourth-order valence-corrected chi connectivity index (χ4v) is 3.12. The average Bonchev–Trinajstić information content (AvgIpc) is 2.98. The van der Waals surface area contributed by atoms with Gasteiger partial charge in [0.05, 0.1) is 0 Å². The number of hydrogen-bond acceptors (Lipinski definition) is 3. The third-order valence-electron chi connectivity index (χ3n) is 4.97. The second-order valence-corrected chi connectivity index (χ2v) is 7.89. The van der Waals surface area contributed by atoms with Gasteiger partial charge in [0, 0.05) is 43.7 Å². The molecule has 0 saturated carbocycles. The highest BCUT2D eigenvalue weighted by atomic mass is 19.1. The van der Waals surface area contributed by atoms with Gasteiger partial charge in [-0.15, -0.1) is 0 Å². The Morgan fingerprint density at radius 2 is 2.03 bits per heavy atom. The molecule has 0 fully saturated rings. The molecule has 1 rings (SSSR count). The van der Waals surface area contributed by atoms with E-state index >= 15 is 0 Å². The molecule has 1 aliphatic carbocycles. The molecular weight excluding hydrogens is 408 g/mol. The van der Waals surface area contributed by atoms with Crippen molar-refractivity contribution in [3.63, 3.8) is 0 Å². The molecule has 6 heteroatoms. The summed E-state index contributed by atoms with van der Waals surface area (Å²) in [5.41, 5.74) is 1.69. The molecule has 1 unspecified atom stereocenters. The van der Waals surface area contributed by atoms with Crippen molar-refractivity contribution in [1.29, 1.82) is 0 Å². The van der Waals surface area contributed by atoms with Crippen molar-refractivity contribution in [1.82, 2.24) is 16.0 Å². The van der Waals surface area contributed by atoms with Crippen molar-refractivity contribution in [3.8, 4) is 11.8 Å². The lowest BCUT2D eigenvalue weighted by atomic mass is 10.0. The number of amides is 1.